The lowest BCUT2D eigenvalue weighted by molar-refractivity contribution is -0.0470. The summed E-state index contributed by atoms with van der Waals surface area (Å²) in [6.07, 6.45) is 8.36. The van der Waals surface area contributed by atoms with Crippen molar-refractivity contribution in [3.05, 3.63) is 24.3 Å². The highest BCUT2D eigenvalue weighted by Gasteiger charge is 2.55. The molecule has 2 aliphatic rings. The lowest BCUT2D eigenvalue weighted by Crippen LogP contribution is -2.54. The van der Waals surface area contributed by atoms with Gasteiger partial charge in [-0.3, -0.25) is 9.36 Å². The molecule has 4 unspecified atom stereocenters. The number of fused-ring (bicyclic) bond motifs is 1. The zero-order valence-electron chi connectivity index (χ0n) is 34.5. The number of nitrogens with one attached hydrogen (secondary N) is 1. The maximum absolute atomic E-state index is 11.6. The van der Waals surface area contributed by atoms with E-state index in [0.717, 1.165) is 19.1 Å². The van der Waals surface area contributed by atoms with Crippen LogP contribution in [0.3, 0.4) is 0 Å². The molecule has 0 spiro atoms. The van der Waals surface area contributed by atoms with E-state index in [4.69, 9.17) is 33.0 Å². The molecule has 1 N–H and O–H groups in total. The number of aromatic nitrogens is 6. The maximum atomic E-state index is 11.6. The number of carbonyl (C=O) groups excluding carboxylic acids is 1. The molecule has 0 radical (unpaired) electrons. The van der Waals surface area contributed by atoms with E-state index in [1.165, 1.54) is 19.0 Å². The highest BCUT2D eigenvalue weighted by molar-refractivity contribution is 6.75. The van der Waals surface area contributed by atoms with Gasteiger partial charge >= 0.3 is 0 Å². The van der Waals surface area contributed by atoms with Crippen molar-refractivity contribution in [1.29, 1.82) is 0 Å². The molecule has 4 heterocycles. The van der Waals surface area contributed by atoms with Crippen LogP contribution in [0.2, 0.25) is 54.4 Å². The SMILES string of the molecule is CC(C)(C)[Si](C)(C)OCC1OC(n2cnc3c(NC4CCCC4)nc(-n4cc(C=O)cn4)nc32)C(O[Si](C)(C)C(C)(C)C)C1O[Si](C)(C)C(C)(C)C. The summed E-state index contributed by atoms with van der Waals surface area (Å²) in [6, 6.07) is 0.288. The number of hydrogen-bond donors (Lipinski definition) is 1. The number of hydrogen-bond acceptors (Lipinski definition) is 10. The number of nitrogens with zero attached hydrogens (tertiary/aromatic N) is 6. The normalized spacial score (nSPS) is 22.8. The first kappa shape index (κ1) is 40.9. The summed E-state index contributed by atoms with van der Waals surface area (Å²) < 4.78 is 32.4. The molecule has 3 aromatic heterocycles. The lowest BCUT2D eigenvalue weighted by Gasteiger charge is -2.44. The summed E-state index contributed by atoms with van der Waals surface area (Å²) in [5.74, 6) is 0.982. The van der Waals surface area contributed by atoms with E-state index in [0.29, 0.717) is 35.1 Å². The third-order valence-corrected chi connectivity index (χ3v) is 25.9. The monoisotopic (exact) mass is 771 g/mol. The molecule has 12 nitrogen and oxygen atoms in total. The highest BCUT2D eigenvalue weighted by Crippen LogP contribution is 2.47. The fraction of sp³-hybridized carbons (Fsp3) is 0.757. The molecule has 3 aromatic rings. The van der Waals surface area contributed by atoms with Crippen molar-refractivity contribution in [3.8, 4) is 5.95 Å². The molecule has 2 fully saturated rings. The van der Waals surface area contributed by atoms with Crippen LogP contribution in [0.4, 0.5) is 5.82 Å². The fourth-order valence-corrected chi connectivity index (χ4v) is 9.56. The van der Waals surface area contributed by atoms with Crippen molar-refractivity contribution in [2.24, 2.45) is 0 Å². The Bertz CT molecular complexity index is 1710. The van der Waals surface area contributed by atoms with Gasteiger partial charge in [-0.25, -0.2) is 9.67 Å². The summed E-state index contributed by atoms with van der Waals surface area (Å²) >= 11 is 0. The second-order valence-electron chi connectivity index (χ2n) is 19.5. The van der Waals surface area contributed by atoms with Gasteiger partial charge in [0.15, 0.2) is 54.4 Å². The summed E-state index contributed by atoms with van der Waals surface area (Å²) in [5.41, 5.74) is 1.69. The Kier molecular flexibility index (Phi) is 11.3. The molecule has 15 heteroatoms. The number of ether oxygens (including phenoxy) is 1. The minimum atomic E-state index is -2.38. The zero-order valence-corrected chi connectivity index (χ0v) is 37.5. The first-order valence-corrected chi connectivity index (χ1v) is 27.7. The number of carbonyl (C=O) groups is 1. The average molecular weight is 772 g/mol. The quantitative estimate of drug-likeness (QED) is 0.141. The van der Waals surface area contributed by atoms with Crippen LogP contribution < -0.4 is 5.32 Å². The minimum Gasteiger partial charge on any atom is -0.414 e. The van der Waals surface area contributed by atoms with Crippen LogP contribution in [0.1, 0.15) is 105 Å². The van der Waals surface area contributed by atoms with Gasteiger partial charge < -0.3 is 23.3 Å². The van der Waals surface area contributed by atoms with Crippen LogP contribution in [0, 0.1) is 0 Å². The molecule has 0 aromatic carbocycles. The summed E-state index contributed by atoms with van der Waals surface area (Å²) in [5, 5.41) is 8.02. The number of anilines is 1. The second kappa shape index (κ2) is 14.4. The summed E-state index contributed by atoms with van der Waals surface area (Å²) in [4.78, 5) is 26.5. The van der Waals surface area contributed by atoms with E-state index in [1.54, 1.807) is 17.2 Å². The minimum absolute atomic E-state index is 0.0324. The van der Waals surface area contributed by atoms with E-state index >= 15 is 0 Å². The highest BCUT2D eigenvalue weighted by atomic mass is 28.4. The van der Waals surface area contributed by atoms with Gasteiger partial charge in [0.05, 0.1) is 24.7 Å². The van der Waals surface area contributed by atoms with Gasteiger partial charge in [-0.15, -0.1) is 0 Å². The molecule has 0 bridgehead atoms. The maximum Gasteiger partial charge on any atom is 0.254 e. The topological polar surface area (TPSA) is 127 Å². The molecule has 4 atom stereocenters. The molecular weight excluding hydrogens is 707 g/mol. The largest absolute Gasteiger partial charge is 0.414 e. The third-order valence-electron chi connectivity index (χ3n) is 12.5. The molecule has 1 aliphatic carbocycles. The molecule has 5 rings (SSSR count). The Morgan fingerprint density at radius 1 is 0.865 bits per heavy atom. The number of imidazole rings is 1. The molecule has 290 valence electrons. The molecule has 1 aliphatic heterocycles. The van der Waals surface area contributed by atoms with Gasteiger partial charge in [0.2, 0.25) is 0 Å². The first-order chi connectivity index (χ1) is 23.8. The molecule has 1 saturated carbocycles. The van der Waals surface area contributed by atoms with Gasteiger partial charge in [-0.05, 0) is 67.2 Å². The van der Waals surface area contributed by atoms with E-state index in [1.807, 2.05) is 4.57 Å². The van der Waals surface area contributed by atoms with Crippen molar-refractivity contribution in [2.45, 2.75) is 173 Å². The van der Waals surface area contributed by atoms with Crippen molar-refractivity contribution in [3.63, 3.8) is 0 Å². The van der Waals surface area contributed by atoms with Gasteiger partial charge in [0.1, 0.15) is 18.3 Å². The Balaban J connectivity index is 1.68. The number of rotatable bonds is 12. The predicted octanol–water partition coefficient (Wildman–Crippen LogP) is 8.88. The molecule has 0 amide bonds. The van der Waals surface area contributed by atoms with Gasteiger partial charge in [0, 0.05) is 12.2 Å². The predicted molar refractivity (Wildman–Crippen MR) is 215 cm³/mol. The molecule has 52 heavy (non-hydrogen) atoms. The Hall–Kier alpha value is -2.28. The van der Waals surface area contributed by atoms with Gasteiger partial charge in [0.25, 0.3) is 5.95 Å². The van der Waals surface area contributed by atoms with Crippen molar-refractivity contribution in [2.75, 3.05) is 11.9 Å². The molecular formula is C37H65N7O5Si3. The Morgan fingerprint density at radius 2 is 1.44 bits per heavy atom. The van der Waals surface area contributed by atoms with Crippen LogP contribution in [-0.4, -0.2) is 91.5 Å². The smallest absolute Gasteiger partial charge is 0.254 e. The zero-order chi connectivity index (χ0) is 38.7. The van der Waals surface area contributed by atoms with Crippen molar-refractivity contribution >= 4 is 48.2 Å². The van der Waals surface area contributed by atoms with Crippen molar-refractivity contribution in [1.82, 2.24) is 29.3 Å². The fourth-order valence-electron chi connectivity index (χ4n) is 5.94. The second-order valence-corrected chi connectivity index (χ2v) is 33.8. The van der Waals surface area contributed by atoms with E-state index in [2.05, 4.69) is 112 Å². The van der Waals surface area contributed by atoms with Crippen LogP contribution >= 0.6 is 0 Å². The molecule has 1 saturated heterocycles. The lowest BCUT2D eigenvalue weighted by atomic mass is 10.1. The summed E-state index contributed by atoms with van der Waals surface area (Å²) in [6.45, 7) is 34.5. The van der Waals surface area contributed by atoms with Gasteiger partial charge in [-0.2, -0.15) is 15.1 Å². The van der Waals surface area contributed by atoms with Crippen LogP contribution in [-0.2, 0) is 18.0 Å². The van der Waals surface area contributed by atoms with Gasteiger partial charge in [-0.1, -0.05) is 75.2 Å². The Labute approximate surface area is 314 Å². The van der Waals surface area contributed by atoms with Crippen LogP contribution in [0.25, 0.3) is 17.1 Å². The van der Waals surface area contributed by atoms with E-state index in [-0.39, 0.29) is 33.4 Å². The van der Waals surface area contributed by atoms with E-state index in [9.17, 15) is 4.79 Å². The third kappa shape index (κ3) is 8.35. The first-order valence-electron chi connectivity index (χ1n) is 19.0. The van der Waals surface area contributed by atoms with E-state index < -0.39 is 37.3 Å². The van der Waals surface area contributed by atoms with Crippen LogP contribution in [0.5, 0.6) is 0 Å². The van der Waals surface area contributed by atoms with Crippen molar-refractivity contribution < 1.29 is 22.8 Å². The average Bonchev–Trinajstić information content (AvgIpc) is 3.82. The standard InChI is InChI=1S/C37H65N7O5Si3/c1-35(2,3)50(10,11)46-23-27-29(48-51(12,13)36(4,5)6)30(49-52(14,15)37(7,8)9)33(47-27)43-24-38-28-31(40-26-18-16-17-19-26)41-34(42-32(28)43)44-21-25(22-45)20-39-44/h20-22,24,26-27,29-30,33H,16-19,23H2,1-15H3,(H,40,41,42). The Morgan fingerprint density at radius 3 is 1.98 bits per heavy atom. The van der Waals surface area contributed by atoms with Crippen LogP contribution in [0.15, 0.2) is 18.7 Å². The number of aldehydes is 1. The summed E-state index contributed by atoms with van der Waals surface area (Å²) in [7, 11) is -6.84.